The van der Waals surface area contributed by atoms with Crippen LogP contribution in [0.2, 0.25) is 0 Å². The van der Waals surface area contributed by atoms with Crippen molar-refractivity contribution in [2.45, 2.75) is 289 Å². The van der Waals surface area contributed by atoms with E-state index >= 15 is 0 Å². The number of carbonyl (C=O) groups is 11. The first-order chi connectivity index (χ1) is 52.6. The second kappa shape index (κ2) is 55.2. The van der Waals surface area contributed by atoms with Gasteiger partial charge in [-0.05, 0) is 85.5 Å². The van der Waals surface area contributed by atoms with Crippen molar-refractivity contribution in [3.63, 3.8) is 0 Å². The third kappa shape index (κ3) is 40.1. The van der Waals surface area contributed by atoms with Crippen molar-refractivity contribution < 1.29 is 114 Å². The molecule has 0 saturated carbocycles. The highest BCUT2D eigenvalue weighted by Gasteiger charge is 2.47. The minimum Gasteiger partial charge on any atom is -0.463 e. The number of hydrogen-bond acceptors (Lipinski definition) is 27. The summed E-state index contributed by atoms with van der Waals surface area (Å²) >= 11 is 5.09. The van der Waals surface area contributed by atoms with Gasteiger partial charge in [0.25, 0.3) is 0 Å². The number of esters is 7. The average Bonchev–Trinajstić information content (AvgIpc) is 0.818. The molecule has 3 heterocycles. The summed E-state index contributed by atoms with van der Waals surface area (Å²) in [7, 11) is 0. The molecule has 2 amide bonds. The van der Waals surface area contributed by atoms with Gasteiger partial charge in [-0.2, -0.15) is 0 Å². The van der Waals surface area contributed by atoms with Crippen LogP contribution in [0.5, 0.6) is 0 Å². The summed E-state index contributed by atoms with van der Waals surface area (Å²) in [6, 6.07) is 9.28. The lowest BCUT2D eigenvalue weighted by molar-refractivity contribution is -0.192. The van der Waals surface area contributed by atoms with Gasteiger partial charge in [0.1, 0.15) is 96.5 Å². The van der Waals surface area contributed by atoms with Gasteiger partial charge in [-0.15, -0.1) is 35.3 Å². The number of thioether (sulfide) groups is 3. The maximum Gasteiger partial charge on any atom is 0.306 e. The molecule has 29 heteroatoms. The Kier molecular flexibility index (Phi) is 48.6. The van der Waals surface area contributed by atoms with Crippen LogP contribution in [-0.2, 0) is 121 Å². The zero-order valence-electron chi connectivity index (χ0n) is 67.5. The molecular formula is C81H130N2O24S3. The monoisotopic (exact) mass is 1610 g/mol. The normalized spacial score (nSPS) is 24.3. The number of unbranched alkanes of at least 4 members (excludes halogenated alkanes) is 11. The molecule has 110 heavy (non-hydrogen) atoms. The molecule has 26 nitrogen and oxygen atoms in total. The van der Waals surface area contributed by atoms with Gasteiger partial charge in [0, 0.05) is 111 Å². The highest BCUT2D eigenvalue weighted by atomic mass is 32.2. The summed E-state index contributed by atoms with van der Waals surface area (Å²) in [5, 5.41) is 6.06. The number of Topliss-reactive ketones (excluding diaryl/α,β-unsaturated/α-hetero) is 2. The maximum atomic E-state index is 14.0. The first kappa shape index (κ1) is 97.0. The minimum absolute atomic E-state index is 0.000207. The first-order valence-corrected chi connectivity index (χ1v) is 43.0. The molecule has 3 fully saturated rings. The molecule has 3 saturated heterocycles. The molecule has 626 valence electrons. The predicted molar refractivity (Wildman–Crippen MR) is 419 cm³/mol. The lowest BCUT2D eigenvalue weighted by atomic mass is 9.85. The van der Waals surface area contributed by atoms with Crippen LogP contribution in [-0.4, -0.2) is 207 Å². The summed E-state index contributed by atoms with van der Waals surface area (Å²) < 4.78 is 75.8. The number of benzene rings is 1. The van der Waals surface area contributed by atoms with E-state index in [2.05, 4.69) is 31.4 Å². The molecule has 15 unspecified atom stereocenters. The summed E-state index contributed by atoms with van der Waals surface area (Å²) in [4.78, 5) is 137. The van der Waals surface area contributed by atoms with Crippen LogP contribution in [0.4, 0.5) is 0 Å². The van der Waals surface area contributed by atoms with E-state index in [1.54, 1.807) is 35.3 Å². The van der Waals surface area contributed by atoms with Crippen LogP contribution >= 0.6 is 35.3 Å². The molecule has 4 rings (SSSR count). The Bertz CT molecular complexity index is 2670. The van der Waals surface area contributed by atoms with E-state index < -0.39 is 89.9 Å². The fourth-order valence-corrected chi connectivity index (χ4v) is 17.4. The van der Waals surface area contributed by atoms with E-state index in [1.165, 1.54) is 41.5 Å². The van der Waals surface area contributed by atoms with Crippen LogP contribution in [0.25, 0.3) is 0 Å². The van der Waals surface area contributed by atoms with Crippen LogP contribution in [0, 0.1) is 35.5 Å². The molecule has 1 aromatic rings. The fraction of sp³-hybridized carbons (Fsp3) is 0.790. The zero-order valence-corrected chi connectivity index (χ0v) is 70.0. The molecule has 0 radical (unpaired) electrons. The van der Waals surface area contributed by atoms with Crippen molar-refractivity contribution in [2.24, 2.45) is 35.5 Å². The van der Waals surface area contributed by atoms with E-state index in [0.29, 0.717) is 32.2 Å². The maximum absolute atomic E-state index is 14.0. The second-order valence-electron chi connectivity index (χ2n) is 29.6. The summed E-state index contributed by atoms with van der Waals surface area (Å²) in [6.07, 6.45) is 10.1. The lowest BCUT2D eigenvalue weighted by Crippen LogP contribution is -2.58. The quantitative estimate of drug-likeness (QED) is 0.0347. The van der Waals surface area contributed by atoms with E-state index in [-0.39, 0.29) is 174 Å². The molecule has 0 bridgehead atoms. The van der Waals surface area contributed by atoms with Gasteiger partial charge in [-0.1, -0.05) is 123 Å². The summed E-state index contributed by atoms with van der Waals surface area (Å²) in [5.74, 6) is -0.879. The molecule has 2 N–H and O–H groups in total. The number of ether oxygens (including phenoxy) is 13. The Morgan fingerprint density at radius 2 is 0.745 bits per heavy atom. The Balaban J connectivity index is 1.31. The molecule has 15 atom stereocenters. The van der Waals surface area contributed by atoms with Crippen molar-refractivity contribution in [2.75, 3.05) is 83.3 Å². The number of ketones is 2. The molecule has 3 aliphatic heterocycles. The highest BCUT2D eigenvalue weighted by molar-refractivity contribution is 8.00. The van der Waals surface area contributed by atoms with Crippen LogP contribution in [0.15, 0.2) is 30.3 Å². The van der Waals surface area contributed by atoms with E-state index in [0.717, 1.165) is 99.9 Å². The molecular weight excluding hydrogens is 1480 g/mol. The van der Waals surface area contributed by atoms with Gasteiger partial charge in [0.05, 0.1) is 39.6 Å². The third-order valence-electron chi connectivity index (χ3n) is 20.1. The number of nitrogens with one attached hydrogen (secondary N) is 2. The van der Waals surface area contributed by atoms with Gasteiger partial charge in [-0.25, -0.2) is 0 Å². The summed E-state index contributed by atoms with van der Waals surface area (Å²) in [5.41, 5.74) is -1.01. The molecule has 0 aliphatic carbocycles. The lowest BCUT2D eigenvalue weighted by Gasteiger charge is -2.43. The third-order valence-corrected chi connectivity index (χ3v) is 24.3. The Hall–Kier alpha value is -5.40. The minimum atomic E-state index is -1.34. The zero-order chi connectivity index (χ0) is 80.8. The number of amides is 2. The van der Waals surface area contributed by atoms with Crippen molar-refractivity contribution in [1.82, 2.24) is 10.6 Å². The van der Waals surface area contributed by atoms with E-state index in [9.17, 15) is 52.7 Å². The topological polar surface area (TPSA) is 332 Å². The highest BCUT2D eigenvalue weighted by Crippen LogP contribution is 2.41. The SMILES string of the molecule is CC(=O)OCC1OC(SCCCCCCCC(=O)CCOCC(COCCC(=O)CCCCCCCSC2OC(COC(C)=O)C(OC(C)=O)C(C)C2C)(COCCC(=O)NCCCCCCSC2OC(COC(C)=O)C(OC(C)=O)C(C)C2C)NC(=O)CCCC(=O)OCc2ccccc2)C(C)C(C)C1OC(C)=O. The number of hydrogen-bond donors (Lipinski definition) is 2. The Morgan fingerprint density at radius 1 is 0.382 bits per heavy atom. The Morgan fingerprint density at radius 3 is 1.13 bits per heavy atom. The van der Waals surface area contributed by atoms with Gasteiger partial charge < -0.3 is 72.2 Å². The molecule has 0 aromatic heterocycles. The van der Waals surface area contributed by atoms with Gasteiger partial charge >= 0.3 is 41.8 Å². The van der Waals surface area contributed by atoms with E-state index in [1.807, 2.05) is 51.1 Å². The van der Waals surface area contributed by atoms with E-state index in [4.69, 9.17) is 61.6 Å². The molecule has 3 aliphatic rings. The smallest absolute Gasteiger partial charge is 0.306 e. The summed E-state index contributed by atoms with van der Waals surface area (Å²) in [6.45, 7) is 20.5. The second-order valence-corrected chi connectivity index (χ2v) is 33.3. The van der Waals surface area contributed by atoms with Crippen molar-refractivity contribution in [1.29, 1.82) is 0 Å². The number of rotatable bonds is 57. The van der Waals surface area contributed by atoms with Gasteiger partial charge in [-0.3, -0.25) is 52.7 Å². The molecule has 1 aromatic carbocycles. The van der Waals surface area contributed by atoms with Crippen molar-refractivity contribution >= 4 is 100 Å². The number of carbonyl (C=O) groups excluding carboxylic acids is 11. The van der Waals surface area contributed by atoms with Crippen LogP contribution < -0.4 is 10.6 Å². The van der Waals surface area contributed by atoms with Crippen LogP contribution in [0.1, 0.15) is 230 Å². The average molecular weight is 1610 g/mol. The largest absolute Gasteiger partial charge is 0.463 e. The standard InChI is InChI=1S/C81H130N2O24S3/c1-54-57(4)78(105-69(48-98-60(7)84)75(54)102-63(10)87)108-44-27-18-13-15-24-33-67(90)37-41-95-51-81(83-73(93)35-30-36-74(94)101-47-66-31-22-21-23-32-66,52-96-42-38-68(91)34-25-16-14-19-28-45-109-79-58(5)55(2)76(103-64(11)88)70(106-79)49-99-61(8)85)53-97-43-39-72(92)82-40-26-17-20-29-46-110-80-59(6)56(3)77(104-65(12)89)71(107-80)50-100-62(9)86/h21-23,31-32,54-59,69-71,75-80H,13-20,24-30,33-53H2,1-12H3,(H,82,92)(H,83,93). The van der Waals surface area contributed by atoms with Gasteiger partial charge in [0.2, 0.25) is 11.8 Å². The van der Waals surface area contributed by atoms with Crippen molar-refractivity contribution in [3.8, 4) is 0 Å². The van der Waals surface area contributed by atoms with Crippen LogP contribution in [0.3, 0.4) is 0 Å². The fourth-order valence-electron chi connectivity index (χ4n) is 13.3. The van der Waals surface area contributed by atoms with Crippen molar-refractivity contribution in [3.05, 3.63) is 35.9 Å². The van der Waals surface area contributed by atoms with Gasteiger partial charge in [0.15, 0.2) is 0 Å². The Labute approximate surface area is 666 Å². The molecule has 0 spiro atoms. The first-order valence-electron chi connectivity index (χ1n) is 39.8. The predicted octanol–water partition coefficient (Wildman–Crippen LogP) is 12.1.